The molecule has 0 atom stereocenters. The fourth-order valence-corrected chi connectivity index (χ4v) is 4.85. The van der Waals surface area contributed by atoms with Gasteiger partial charge in [0.05, 0.1) is 11.6 Å². The third kappa shape index (κ3) is 5.11. The van der Waals surface area contributed by atoms with Gasteiger partial charge in [0.15, 0.2) is 0 Å². The number of hydrogen-bond donors (Lipinski definition) is 1. The Morgan fingerprint density at radius 3 is 2.29 bits per heavy atom. The first-order valence-electron chi connectivity index (χ1n) is 9.08. The van der Waals surface area contributed by atoms with Crippen LogP contribution in [0.4, 0.5) is 0 Å². The van der Waals surface area contributed by atoms with Crippen molar-refractivity contribution in [3.05, 3.63) is 64.7 Å². The molecule has 0 bridgehead atoms. The molecule has 0 aliphatic heterocycles. The number of amides is 1. The average Bonchev–Trinajstić information content (AvgIpc) is 2.69. The molecule has 0 saturated heterocycles. The summed E-state index contributed by atoms with van der Waals surface area (Å²) in [5.74, 6) is -0.370. The van der Waals surface area contributed by atoms with Crippen LogP contribution >= 0.6 is 11.6 Å². The van der Waals surface area contributed by atoms with E-state index in [1.54, 1.807) is 13.8 Å². The number of benzene rings is 2. The summed E-state index contributed by atoms with van der Waals surface area (Å²) in [6, 6.07) is 13.6. The van der Waals surface area contributed by atoms with Gasteiger partial charge in [0, 0.05) is 31.7 Å². The van der Waals surface area contributed by atoms with Crippen LogP contribution in [0.3, 0.4) is 0 Å². The van der Waals surface area contributed by atoms with Crippen molar-refractivity contribution in [2.45, 2.75) is 25.3 Å². The summed E-state index contributed by atoms with van der Waals surface area (Å²) in [5, 5.41) is 9.43. The number of halogens is 1. The maximum Gasteiger partial charge on any atom is 0.254 e. The number of aliphatic hydroxyl groups is 1. The zero-order valence-corrected chi connectivity index (χ0v) is 17.6. The van der Waals surface area contributed by atoms with Crippen molar-refractivity contribution < 1.29 is 18.3 Å². The Hall–Kier alpha value is -1.93. The smallest absolute Gasteiger partial charge is 0.254 e. The summed E-state index contributed by atoms with van der Waals surface area (Å²) in [7, 11) is -3.80. The van der Waals surface area contributed by atoms with Gasteiger partial charge in [0.1, 0.15) is 4.90 Å². The first kappa shape index (κ1) is 22.4. The average molecular weight is 425 g/mol. The Morgan fingerprint density at radius 1 is 1.07 bits per heavy atom. The van der Waals surface area contributed by atoms with Crippen molar-refractivity contribution in [3.63, 3.8) is 0 Å². The molecule has 8 heteroatoms. The zero-order chi connectivity index (χ0) is 20.7. The molecule has 0 unspecified atom stereocenters. The van der Waals surface area contributed by atoms with Gasteiger partial charge in [-0.1, -0.05) is 55.8 Å². The van der Waals surface area contributed by atoms with Gasteiger partial charge in [-0.2, -0.15) is 4.31 Å². The Morgan fingerprint density at radius 2 is 1.71 bits per heavy atom. The highest BCUT2D eigenvalue weighted by Gasteiger charge is 2.26. The van der Waals surface area contributed by atoms with E-state index in [1.165, 1.54) is 27.4 Å². The van der Waals surface area contributed by atoms with E-state index in [2.05, 4.69) is 0 Å². The van der Waals surface area contributed by atoms with Crippen molar-refractivity contribution >= 4 is 27.5 Å². The zero-order valence-electron chi connectivity index (χ0n) is 16.0. The van der Waals surface area contributed by atoms with Crippen LogP contribution in [0, 0.1) is 0 Å². The van der Waals surface area contributed by atoms with Gasteiger partial charge in [-0.25, -0.2) is 8.42 Å². The second-order valence-electron chi connectivity index (χ2n) is 6.17. The monoisotopic (exact) mass is 424 g/mol. The first-order chi connectivity index (χ1) is 13.3. The molecule has 2 aromatic carbocycles. The van der Waals surface area contributed by atoms with Crippen molar-refractivity contribution in [1.82, 2.24) is 9.21 Å². The molecule has 1 amide bonds. The Bertz CT molecular complexity index is 900. The third-order valence-corrected chi connectivity index (χ3v) is 6.91. The summed E-state index contributed by atoms with van der Waals surface area (Å²) in [5.41, 5.74) is 1.12. The molecule has 2 aromatic rings. The van der Waals surface area contributed by atoms with Gasteiger partial charge >= 0.3 is 0 Å². The van der Waals surface area contributed by atoms with E-state index in [4.69, 9.17) is 11.6 Å². The molecule has 6 nitrogen and oxygen atoms in total. The van der Waals surface area contributed by atoms with Crippen LogP contribution in [0.5, 0.6) is 0 Å². The number of sulfonamides is 1. The number of nitrogens with zero attached hydrogens (tertiary/aromatic N) is 2. The summed E-state index contributed by atoms with van der Waals surface area (Å²) < 4.78 is 27.0. The second kappa shape index (κ2) is 10.0. The first-order valence-corrected chi connectivity index (χ1v) is 10.9. The Labute approximate surface area is 171 Å². The van der Waals surface area contributed by atoms with E-state index < -0.39 is 10.0 Å². The minimum atomic E-state index is -3.80. The van der Waals surface area contributed by atoms with E-state index in [0.717, 1.165) is 5.56 Å². The highest BCUT2D eigenvalue weighted by Crippen LogP contribution is 2.26. The summed E-state index contributed by atoms with van der Waals surface area (Å²) in [4.78, 5) is 14.4. The summed E-state index contributed by atoms with van der Waals surface area (Å²) >= 11 is 6.14. The van der Waals surface area contributed by atoms with Crippen molar-refractivity contribution in [3.8, 4) is 0 Å². The van der Waals surface area contributed by atoms with Gasteiger partial charge in [0.25, 0.3) is 5.91 Å². The van der Waals surface area contributed by atoms with Crippen LogP contribution in [-0.2, 0) is 16.6 Å². The van der Waals surface area contributed by atoms with Crippen molar-refractivity contribution in [2.24, 2.45) is 0 Å². The second-order valence-corrected chi connectivity index (χ2v) is 8.48. The maximum absolute atomic E-state index is 13.0. The predicted octanol–water partition coefficient (Wildman–Crippen LogP) is 3.01. The fraction of sp³-hybridized carbons (Fsp3) is 0.350. The molecule has 0 spiro atoms. The molecule has 28 heavy (non-hydrogen) atoms. The standard InChI is InChI=1S/C20H25ClN2O4S/c1-3-23(4-2)28(26,27)19-14-17(10-11-18(19)21)20(25)22(12-13-24)15-16-8-6-5-7-9-16/h5-11,14,24H,3-4,12-13,15H2,1-2H3. The molecule has 0 saturated carbocycles. The molecule has 0 aliphatic carbocycles. The molecule has 152 valence electrons. The summed E-state index contributed by atoms with van der Waals surface area (Å²) in [6.07, 6.45) is 0. The SMILES string of the molecule is CCN(CC)S(=O)(=O)c1cc(C(=O)N(CCO)Cc2ccccc2)ccc1Cl. The Kier molecular flexibility index (Phi) is 8.00. The van der Waals surface area contributed by atoms with E-state index in [-0.39, 0.29) is 34.5 Å². The largest absolute Gasteiger partial charge is 0.395 e. The lowest BCUT2D eigenvalue weighted by Gasteiger charge is -2.23. The van der Waals surface area contributed by atoms with E-state index in [1.807, 2.05) is 30.3 Å². The quantitative estimate of drug-likeness (QED) is 0.671. The number of hydrogen-bond acceptors (Lipinski definition) is 4. The minimum absolute atomic E-state index is 0.0696. The van der Waals surface area contributed by atoms with Gasteiger partial charge in [0.2, 0.25) is 10.0 Å². The lowest BCUT2D eigenvalue weighted by atomic mass is 10.1. The van der Waals surface area contributed by atoms with Crippen LogP contribution in [0.2, 0.25) is 5.02 Å². The fourth-order valence-electron chi connectivity index (χ4n) is 2.90. The van der Waals surface area contributed by atoms with Crippen LogP contribution in [0.1, 0.15) is 29.8 Å². The van der Waals surface area contributed by atoms with Gasteiger partial charge in [-0.3, -0.25) is 4.79 Å². The van der Waals surface area contributed by atoms with E-state index in [0.29, 0.717) is 19.6 Å². The minimum Gasteiger partial charge on any atom is -0.395 e. The predicted molar refractivity (Wildman–Crippen MR) is 110 cm³/mol. The van der Waals surface area contributed by atoms with Gasteiger partial charge in [-0.15, -0.1) is 0 Å². The number of carbonyl (C=O) groups is 1. The van der Waals surface area contributed by atoms with Crippen LogP contribution in [-0.4, -0.2) is 54.9 Å². The number of rotatable bonds is 9. The molecule has 0 fully saturated rings. The maximum atomic E-state index is 13.0. The molecular weight excluding hydrogens is 400 g/mol. The van der Waals surface area contributed by atoms with Crippen LogP contribution in [0.25, 0.3) is 0 Å². The normalized spacial score (nSPS) is 11.6. The highest BCUT2D eigenvalue weighted by atomic mass is 35.5. The lowest BCUT2D eigenvalue weighted by Crippen LogP contribution is -2.34. The Balaban J connectivity index is 2.39. The number of carbonyl (C=O) groups excluding carboxylic acids is 1. The van der Waals surface area contributed by atoms with Crippen molar-refractivity contribution in [1.29, 1.82) is 0 Å². The topological polar surface area (TPSA) is 77.9 Å². The van der Waals surface area contributed by atoms with Crippen LogP contribution < -0.4 is 0 Å². The molecular formula is C20H25ClN2O4S. The molecule has 2 rings (SSSR count). The molecule has 0 aliphatic rings. The molecule has 0 heterocycles. The van der Waals surface area contributed by atoms with Gasteiger partial charge in [-0.05, 0) is 23.8 Å². The van der Waals surface area contributed by atoms with Gasteiger partial charge < -0.3 is 10.0 Å². The molecule has 0 radical (unpaired) electrons. The molecule has 1 N–H and O–H groups in total. The third-order valence-electron chi connectivity index (χ3n) is 4.37. The van der Waals surface area contributed by atoms with Crippen molar-refractivity contribution in [2.75, 3.05) is 26.2 Å². The van der Waals surface area contributed by atoms with E-state index >= 15 is 0 Å². The highest BCUT2D eigenvalue weighted by molar-refractivity contribution is 7.89. The lowest BCUT2D eigenvalue weighted by molar-refractivity contribution is 0.0707. The van der Waals surface area contributed by atoms with E-state index in [9.17, 15) is 18.3 Å². The summed E-state index contributed by atoms with van der Waals surface area (Å²) in [6.45, 7) is 4.34. The number of aliphatic hydroxyl groups excluding tert-OH is 1. The molecule has 0 aromatic heterocycles. The van der Waals surface area contributed by atoms with Crippen LogP contribution in [0.15, 0.2) is 53.4 Å².